The third-order valence-electron chi connectivity index (χ3n) is 4.75. The Hall–Kier alpha value is -1.71. The largest absolute Gasteiger partial charge is 0.493 e. The second-order valence-electron chi connectivity index (χ2n) is 6.82. The van der Waals surface area contributed by atoms with Crippen LogP contribution in [0.25, 0.3) is 0 Å². The topological polar surface area (TPSA) is 75.2 Å². The number of guanidine groups is 1. The van der Waals surface area contributed by atoms with E-state index in [1.54, 1.807) is 14.2 Å². The van der Waals surface area contributed by atoms with Gasteiger partial charge in [0.1, 0.15) is 0 Å². The summed E-state index contributed by atoms with van der Waals surface area (Å²) in [6.45, 7) is 6.15. The number of rotatable bonds is 11. The summed E-state index contributed by atoms with van der Waals surface area (Å²) in [4.78, 5) is 18.2. The molecule has 0 saturated carbocycles. The average Bonchev–Trinajstić information content (AvgIpc) is 3.12. The molecular weight excluding hydrogens is 483 g/mol. The maximum absolute atomic E-state index is 11.6. The molecule has 2 N–H and O–H groups in total. The number of aliphatic imine (C=N–C) groups is 1. The van der Waals surface area contributed by atoms with Gasteiger partial charge < -0.3 is 25.0 Å². The van der Waals surface area contributed by atoms with Gasteiger partial charge in [-0.1, -0.05) is 6.07 Å². The molecule has 0 unspecified atom stereocenters. The van der Waals surface area contributed by atoms with Crippen molar-refractivity contribution >= 4 is 35.8 Å². The molecule has 0 spiro atoms. The summed E-state index contributed by atoms with van der Waals surface area (Å²) < 4.78 is 10.6. The minimum absolute atomic E-state index is 0. The zero-order valence-corrected chi connectivity index (χ0v) is 20.2. The van der Waals surface area contributed by atoms with Gasteiger partial charge in [0.2, 0.25) is 5.91 Å². The highest BCUT2D eigenvalue weighted by Gasteiger charge is 2.18. The lowest BCUT2D eigenvalue weighted by Gasteiger charge is -2.15. The first-order valence-corrected chi connectivity index (χ1v) is 10.2. The average molecular weight is 518 g/mol. The van der Waals surface area contributed by atoms with Crippen molar-refractivity contribution in [3.63, 3.8) is 0 Å². The predicted molar refractivity (Wildman–Crippen MR) is 128 cm³/mol. The van der Waals surface area contributed by atoms with E-state index in [4.69, 9.17) is 9.47 Å². The first kappa shape index (κ1) is 25.3. The zero-order chi connectivity index (χ0) is 20.2. The number of hydrogen-bond donors (Lipinski definition) is 2. The molecule has 1 aromatic carbocycles. The van der Waals surface area contributed by atoms with Gasteiger partial charge >= 0.3 is 0 Å². The van der Waals surface area contributed by atoms with Gasteiger partial charge in [-0.25, -0.2) is 0 Å². The Balaban J connectivity index is 0.00000420. The number of ether oxygens (including phenoxy) is 2. The van der Waals surface area contributed by atoms with Crippen molar-refractivity contribution in [2.75, 3.05) is 46.9 Å². The van der Waals surface area contributed by atoms with E-state index in [1.807, 2.05) is 17.0 Å². The summed E-state index contributed by atoms with van der Waals surface area (Å²) in [7, 11) is 3.30. The summed E-state index contributed by atoms with van der Waals surface area (Å²) in [5.74, 6) is 2.63. The Kier molecular flexibility index (Phi) is 12.5. The van der Waals surface area contributed by atoms with Gasteiger partial charge in [-0.3, -0.25) is 9.79 Å². The number of aryl methyl sites for hydroxylation is 1. The molecule has 164 valence electrons. The van der Waals surface area contributed by atoms with Crippen LogP contribution in [0.3, 0.4) is 0 Å². The van der Waals surface area contributed by atoms with E-state index in [1.165, 1.54) is 5.56 Å². The Morgan fingerprint density at radius 3 is 2.62 bits per heavy atom. The summed E-state index contributed by atoms with van der Waals surface area (Å²) in [5.41, 5.74) is 1.22. The molecule has 0 aromatic heterocycles. The highest BCUT2D eigenvalue weighted by molar-refractivity contribution is 14.0. The van der Waals surface area contributed by atoms with Gasteiger partial charge in [-0.05, 0) is 50.3 Å². The number of amides is 1. The number of hydrogen-bond acceptors (Lipinski definition) is 4. The monoisotopic (exact) mass is 518 g/mol. The van der Waals surface area contributed by atoms with Gasteiger partial charge in [0, 0.05) is 39.1 Å². The minimum atomic E-state index is 0. The van der Waals surface area contributed by atoms with Crippen molar-refractivity contribution in [1.29, 1.82) is 0 Å². The van der Waals surface area contributed by atoms with Crippen LogP contribution in [-0.2, 0) is 11.2 Å². The smallest absolute Gasteiger partial charge is 0.222 e. The second kappa shape index (κ2) is 14.3. The fourth-order valence-electron chi connectivity index (χ4n) is 3.27. The van der Waals surface area contributed by atoms with Crippen molar-refractivity contribution in [3.05, 3.63) is 23.8 Å². The Morgan fingerprint density at radius 1 is 1.17 bits per heavy atom. The van der Waals surface area contributed by atoms with Crippen LogP contribution < -0.4 is 20.1 Å². The number of halogens is 1. The van der Waals surface area contributed by atoms with Crippen molar-refractivity contribution in [2.45, 2.75) is 39.0 Å². The van der Waals surface area contributed by atoms with E-state index in [0.717, 1.165) is 75.9 Å². The molecule has 0 atom stereocenters. The first-order valence-electron chi connectivity index (χ1n) is 10.2. The van der Waals surface area contributed by atoms with Gasteiger partial charge in [0.05, 0.1) is 14.2 Å². The SMILES string of the molecule is CCNC(=NCCCN1CCCC1=O)NCCCc1ccc(OC)c(OC)c1.I. The van der Waals surface area contributed by atoms with E-state index in [-0.39, 0.29) is 29.9 Å². The van der Waals surface area contributed by atoms with Crippen LogP contribution in [0.5, 0.6) is 11.5 Å². The van der Waals surface area contributed by atoms with Gasteiger partial charge in [0.25, 0.3) is 0 Å². The Morgan fingerprint density at radius 2 is 1.97 bits per heavy atom. The molecule has 1 aromatic rings. The maximum atomic E-state index is 11.6. The standard InChI is InChI=1S/C21H34N4O3.HI/c1-4-22-21(24-13-7-15-25-14-6-9-20(25)26)23-12-5-8-17-10-11-18(27-2)19(16-17)28-3;/h10-11,16H,4-9,12-15H2,1-3H3,(H2,22,23,24);1H. The molecule has 0 bridgehead atoms. The van der Waals surface area contributed by atoms with E-state index in [9.17, 15) is 4.79 Å². The molecule has 1 fully saturated rings. The summed E-state index contributed by atoms with van der Waals surface area (Å²) in [5, 5.41) is 6.66. The number of nitrogens with zero attached hydrogens (tertiary/aromatic N) is 2. The lowest BCUT2D eigenvalue weighted by atomic mass is 10.1. The maximum Gasteiger partial charge on any atom is 0.222 e. The quantitative estimate of drug-likeness (QED) is 0.204. The molecule has 7 nitrogen and oxygen atoms in total. The normalized spacial score (nSPS) is 13.8. The fourth-order valence-corrected chi connectivity index (χ4v) is 3.27. The predicted octanol–water partition coefficient (Wildman–Crippen LogP) is 2.82. The lowest BCUT2D eigenvalue weighted by molar-refractivity contribution is -0.127. The molecule has 1 amide bonds. The number of carbonyl (C=O) groups is 1. The van der Waals surface area contributed by atoms with Crippen LogP contribution in [-0.4, -0.2) is 63.7 Å². The minimum Gasteiger partial charge on any atom is -0.493 e. The lowest BCUT2D eigenvalue weighted by Crippen LogP contribution is -2.38. The second-order valence-corrected chi connectivity index (χ2v) is 6.82. The first-order chi connectivity index (χ1) is 13.7. The number of nitrogens with one attached hydrogen (secondary N) is 2. The van der Waals surface area contributed by atoms with Gasteiger partial charge in [0.15, 0.2) is 17.5 Å². The number of likely N-dealkylation sites (tertiary alicyclic amines) is 1. The van der Waals surface area contributed by atoms with Crippen LogP contribution in [0.2, 0.25) is 0 Å². The van der Waals surface area contributed by atoms with Crippen molar-refractivity contribution in [3.8, 4) is 11.5 Å². The molecule has 1 saturated heterocycles. The fraction of sp³-hybridized carbons (Fsp3) is 0.619. The molecule has 1 heterocycles. The van der Waals surface area contributed by atoms with Crippen molar-refractivity contribution < 1.29 is 14.3 Å². The van der Waals surface area contributed by atoms with Crippen LogP contribution in [0.4, 0.5) is 0 Å². The Bertz CT molecular complexity index is 655. The molecule has 0 radical (unpaired) electrons. The highest BCUT2D eigenvalue weighted by Crippen LogP contribution is 2.27. The summed E-state index contributed by atoms with van der Waals surface area (Å²) >= 11 is 0. The molecule has 1 aliphatic heterocycles. The van der Waals surface area contributed by atoms with E-state index < -0.39 is 0 Å². The van der Waals surface area contributed by atoms with Crippen LogP contribution in [0.15, 0.2) is 23.2 Å². The van der Waals surface area contributed by atoms with Gasteiger partial charge in [-0.2, -0.15) is 0 Å². The third-order valence-corrected chi connectivity index (χ3v) is 4.75. The third kappa shape index (κ3) is 8.67. The molecule has 1 aliphatic rings. The molecule has 29 heavy (non-hydrogen) atoms. The molecular formula is C21H35IN4O3. The van der Waals surface area contributed by atoms with E-state index in [2.05, 4.69) is 28.6 Å². The van der Waals surface area contributed by atoms with Crippen molar-refractivity contribution in [2.24, 2.45) is 4.99 Å². The summed E-state index contributed by atoms with van der Waals surface area (Å²) in [6.07, 6.45) is 4.53. The number of benzene rings is 1. The molecule has 0 aliphatic carbocycles. The summed E-state index contributed by atoms with van der Waals surface area (Å²) in [6, 6.07) is 6.04. The number of methoxy groups -OCH3 is 2. The van der Waals surface area contributed by atoms with Crippen LogP contribution >= 0.6 is 24.0 Å². The Labute approximate surface area is 191 Å². The highest BCUT2D eigenvalue weighted by atomic mass is 127. The zero-order valence-electron chi connectivity index (χ0n) is 17.8. The molecule has 2 rings (SSSR count). The van der Waals surface area contributed by atoms with Crippen LogP contribution in [0.1, 0.15) is 38.2 Å². The van der Waals surface area contributed by atoms with E-state index in [0.29, 0.717) is 6.42 Å². The number of carbonyl (C=O) groups excluding carboxylic acids is 1. The van der Waals surface area contributed by atoms with E-state index >= 15 is 0 Å². The van der Waals surface area contributed by atoms with Gasteiger partial charge in [-0.15, -0.1) is 24.0 Å². The van der Waals surface area contributed by atoms with Crippen molar-refractivity contribution in [1.82, 2.24) is 15.5 Å². The van der Waals surface area contributed by atoms with Crippen LogP contribution in [0, 0.1) is 0 Å². The molecule has 8 heteroatoms.